The van der Waals surface area contributed by atoms with E-state index in [-0.39, 0.29) is 0 Å². The number of fused-ring (bicyclic) bond motifs is 1. The van der Waals surface area contributed by atoms with E-state index in [0.29, 0.717) is 30.5 Å². The van der Waals surface area contributed by atoms with Gasteiger partial charge in [0.1, 0.15) is 12.1 Å². The van der Waals surface area contributed by atoms with E-state index in [1.54, 1.807) is 27.5 Å². The molecule has 0 unspecified atom stereocenters. The van der Waals surface area contributed by atoms with E-state index in [1.807, 2.05) is 12.1 Å². The van der Waals surface area contributed by atoms with Gasteiger partial charge in [-0.05, 0) is 31.2 Å². The van der Waals surface area contributed by atoms with Crippen molar-refractivity contribution >= 4 is 26.9 Å². The zero-order chi connectivity index (χ0) is 20.9. The molecule has 1 aromatic carbocycles. The van der Waals surface area contributed by atoms with Crippen LogP contribution in [-0.2, 0) is 10.2 Å². The monoisotopic (exact) mass is 423 g/mol. The van der Waals surface area contributed by atoms with Crippen molar-refractivity contribution in [3.63, 3.8) is 0 Å². The van der Waals surface area contributed by atoms with Gasteiger partial charge in [0.15, 0.2) is 11.5 Å². The maximum atomic E-state index is 11.7. The Balaban J connectivity index is 1.64. The van der Waals surface area contributed by atoms with Gasteiger partial charge in [-0.25, -0.2) is 19.4 Å². The molecule has 0 atom stereocenters. The van der Waals surface area contributed by atoms with Crippen LogP contribution in [0, 0.1) is 5.92 Å². The summed E-state index contributed by atoms with van der Waals surface area (Å²) in [5.74, 6) is 2.67. The smallest absolute Gasteiger partial charge is 0.276 e. The first-order valence-corrected chi connectivity index (χ1v) is 11.3. The fourth-order valence-corrected chi connectivity index (χ4v) is 4.56. The minimum atomic E-state index is -3.37. The highest BCUT2D eigenvalue weighted by Crippen LogP contribution is 2.35. The number of benzene rings is 1. The topological polar surface area (TPSA) is 106 Å². The van der Waals surface area contributed by atoms with Gasteiger partial charge in [-0.15, -0.1) is 0 Å². The van der Waals surface area contributed by atoms with E-state index in [0.717, 1.165) is 49.1 Å². The average molecular weight is 424 g/mol. The molecule has 2 heterocycles. The molecule has 1 aliphatic heterocycles. The van der Waals surface area contributed by atoms with Crippen molar-refractivity contribution in [2.45, 2.75) is 26.2 Å². The van der Waals surface area contributed by atoms with E-state index in [2.05, 4.69) is 24.3 Å². The summed E-state index contributed by atoms with van der Waals surface area (Å²) < 4.78 is 39.2. The predicted molar refractivity (Wildman–Crippen MR) is 113 cm³/mol. The van der Waals surface area contributed by atoms with Crippen LogP contribution in [0.15, 0.2) is 18.5 Å². The van der Waals surface area contributed by atoms with Crippen molar-refractivity contribution in [3.8, 4) is 11.5 Å². The lowest BCUT2D eigenvalue weighted by molar-refractivity contribution is 0.355. The van der Waals surface area contributed by atoms with Gasteiger partial charge in [-0.3, -0.25) is 0 Å². The maximum Gasteiger partial charge on any atom is 0.276 e. The van der Waals surface area contributed by atoms with E-state index in [9.17, 15) is 8.42 Å². The lowest BCUT2D eigenvalue weighted by Crippen LogP contribution is -2.39. The average Bonchev–Trinajstić information content (AvgIpc) is 2.72. The summed E-state index contributed by atoms with van der Waals surface area (Å²) in [7, 11) is -0.152. The number of hydrogen-bond acceptors (Lipinski definition) is 7. The van der Waals surface area contributed by atoms with Crippen LogP contribution in [-0.4, -0.2) is 58.8 Å². The van der Waals surface area contributed by atoms with Crippen LogP contribution in [0.2, 0.25) is 0 Å². The molecule has 2 aromatic rings. The second-order valence-corrected chi connectivity index (χ2v) is 8.62. The van der Waals surface area contributed by atoms with Crippen molar-refractivity contribution in [3.05, 3.63) is 18.5 Å². The summed E-state index contributed by atoms with van der Waals surface area (Å²) in [5, 5.41) is 0.932. The molecule has 10 heteroatoms. The standard InChI is InChI=1S/C19H29N5O4S/c1-4-22-29(25,26)23-8-5-14-6-9-24(10-7-14)19-15-11-17(27-2)18(28-3)12-16(15)20-13-21-19/h11-14,22-23H,4-10H2,1-3H3. The molecule has 9 nitrogen and oxygen atoms in total. The van der Waals surface area contributed by atoms with Gasteiger partial charge in [0.2, 0.25) is 0 Å². The van der Waals surface area contributed by atoms with E-state index >= 15 is 0 Å². The van der Waals surface area contributed by atoms with Gasteiger partial charge < -0.3 is 14.4 Å². The second kappa shape index (κ2) is 9.55. The molecule has 0 saturated carbocycles. The highest BCUT2D eigenvalue weighted by Gasteiger charge is 2.23. The first kappa shape index (κ1) is 21.5. The van der Waals surface area contributed by atoms with Crippen molar-refractivity contribution in [1.82, 2.24) is 19.4 Å². The second-order valence-electron chi connectivity index (χ2n) is 7.04. The van der Waals surface area contributed by atoms with E-state index in [1.165, 1.54) is 0 Å². The molecule has 1 fully saturated rings. The van der Waals surface area contributed by atoms with Gasteiger partial charge in [0.05, 0.1) is 19.7 Å². The summed E-state index contributed by atoms with van der Waals surface area (Å²) in [4.78, 5) is 11.1. The Morgan fingerprint density at radius 3 is 2.45 bits per heavy atom. The summed E-state index contributed by atoms with van der Waals surface area (Å²) in [6.07, 6.45) is 4.38. The highest BCUT2D eigenvalue weighted by atomic mass is 32.2. The molecule has 1 aromatic heterocycles. The van der Waals surface area contributed by atoms with Crippen molar-refractivity contribution < 1.29 is 17.9 Å². The van der Waals surface area contributed by atoms with Crippen molar-refractivity contribution in [1.29, 1.82) is 0 Å². The van der Waals surface area contributed by atoms with E-state index < -0.39 is 10.2 Å². The third-order valence-corrected chi connectivity index (χ3v) is 6.47. The summed E-state index contributed by atoms with van der Waals surface area (Å²) in [5.41, 5.74) is 0.813. The van der Waals surface area contributed by atoms with Gasteiger partial charge in [0.25, 0.3) is 10.2 Å². The van der Waals surface area contributed by atoms with Crippen LogP contribution >= 0.6 is 0 Å². The molecule has 160 valence electrons. The lowest BCUT2D eigenvalue weighted by atomic mass is 9.93. The largest absolute Gasteiger partial charge is 0.493 e. The minimum absolute atomic E-state index is 0.386. The Kier molecular flexibility index (Phi) is 7.09. The number of rotatable bonds is 9. The number of methoxy groups -OCH3 is 2. The van der Waals surface area contributed by atoms with Gasteiger partial charge in [-0.2, -0.15) is 8.42 Å². The molecule has 0 radical (unpaired) electrons. The molecular weight excluding hydrogens is 394 g/mol. The Bertz CT molecular complexity index is 930. The molecule has 29 heavy (non-hydrogen) atoms. The Morgan fingerprint density at radius 2 is 1.79 bits per heavy atom. The van der Waals surface area contributed by atoms with Gasteiger partial charge >= 0.3 is 0 Å². The molecule has 3 rings (SSSR count). The van der Waals surface area contributed by atoms with Crippen LogP contribution in [0.25, 0.3) is 10.9 Å². The van der Waals surface area contributed by atoms with Gasteiger partial charge in [0, 0.05) is 37.6 Å². The third-order valence-electron chi connectivity index (χ3n) is 5.21. The Morgan fingerprint density at radius 1 is 1.10 bits per heavy atom. The molecule has 1 aliphatic rings. The SMILES string of the molecule is CCNS(=O)(=O)NCCC1CCN(c2ncnc3cc(OC)c(OC)cc23)CC1. The lowest BCUT2D eigenvalue weighted by Gasteiger charge is -2.33. The molecule has 0 spiro atoms. The van der Waals surface area contributed by atoms with Crippen LogP contribution in [0.1, 0.15) is 26.2 Å². The zero-order valence-corrected chi connectivity index (χ0v) is 18.0. The van der Waals surface area contributed by atoms with Crippen molar-refractivity contribution in [2.24, 2.45) is 5.92 Å². The van der Waals surface area contributed by atoms with Gasteiger partial charge in [-0.1, -0.05) is 6.92 Å². The summed E-state index contributed by atoms with van der Waals surface area (Å²) >= 11 is 0. The fourth-order valence-electron chi connectivity index (χ4n) is 3.69. The zero-order valence-electron chi connectivity index (χ0n) is 17.1. The van der Waals surface area contributed by atoms with Crippen LogP contribution in [0.5, 0.6) is 11.5 Å². The predicted octanol–water partition coefficient (Wildman–Crippen LogP) is 1.70. The Labute approximate surface area is 172 Å². The number of piperidine rings is 1. The number of anilines is 1. The first-order valence-electron chi connectivity index (χ1n) is 9.83. The quantitative estimate of drug-likeness (QED) is 0.632. The molecule has 0 amide bonds. The molecule has 2 N–H and O–H groups in total. The molecule has 0 aliphatic carbocycles. The van der Waals surface area contributed by atoms with Crippen molar-refractivity contribution in [2.75, 3.05) is 45.3 Å². The Hall–Kier alpha value is -2.17. The van der Waals surface area contributed by atoms with E-state index in [4.69, 9.17) is 9.47 Å². The molecule has 0 bridgehead atoms. The molecule has 1 saturated heterocycles. The summed E-state index contributed by atoms with van der Waals surface area (Å²) in [6.45, 7) is 4.33. The maximum absolute atomic E-state index is 11.7. The molecular formula is C19H29N5O4S. The fraction of sp³-hybridized carbons (Fsp3) is 0.579. The van der Waals surface area contributed by atoms with Crippen LogP contribution in [0.3, 0.4) is 0 Å². The number of nitrogens with one attached hydrogen (secondary N) is 2. The number of aromatic nitrogens is 2. The number of nitrogens with zero attached hydrogens (tertiary/aromatic N) is 3. The summed E-state index contributed by atoms with van der Waals surface area (Å²) in [6, 6.07) is 3.79. The minimum Gasteiger partial charge on any atom is -0.493 e. The normalized spacial score (nSPS) is 15.6. The van der Waals surface area contributed by atoms with Crippen LogP contribution < -0.4 is 23.8 Å². The number of ether oxygens (including phenoxy) is 2. The first-order chi connectivity index (χ1) is 14.0. The third kappa shape index (κ3) is 5.26. The number of hydrogen-bond donors (Lipinski definition) is 2. The van der Waals surface area contributed by atoms with Crippen LogP contribution in [0.4, 0.5) is 5.82 Å². The highest BCUT2D eigenvalue weighted by molar-refractivity contribution is 7.87.